The lowest BCUT2D eigenvalue weighted by Gasteiger charge is -2.13. The summed E-state index contributed by atoms with van der Waals surface area (Å²) < 4.78 is 9.86. The number of ether oxygens (including phenoxy) is 2. The van der Waals surface area contributed by atoms with Gasteiger partial charge >= 0.3 is 0 Å². The van der Waals surface area contributed by atoms with Crippen molar-refractivity contribution in [2.75, 3.05) is 14.2 Å². The van der Waals surface area contributed by atoms with Crippen LogP contribution in [0.2, 0.25) is 0 Å². The maximum absolute atomic E-state index is 12.2. The van der Waals surface area contributed by atoms with Gasteiger partial charge in [-0.2, -0.15) is 0 Å². The average Bonchev–Trinajstić information content (AvgIpc) is 2.43. The maximum atomic E-state index is 12.2. The highest BCUT2D eigenvalue weighted by Gasteiger charge is 2.26. The third-order valence-corrected chi connectivity index (χ3v) is 2.94. The molecule has 110 valence electrons. The van der Waals surface area contributed by atoms with E-state index in [1.54, 1.807) is 6.92 Å². The number of nitrogens with one attached hydrogen (secondary N) is 1. The van der Waals surface area contributed by atoms with Crippen molar-refractivity contribution in [2.24, 2.45) is 5.92 Å². The number of methoxy groups -OCH3 is 2. The molecule has 20 heavy (non-hydrogen) atoms. The molecular formula is C14H19NO5. The first-order chi connectivity index (χ1) is 9.47. The minimum atomic E-state index is -0.697. The summed E-state index contributed by atoms with van der Waals surface area (Å²) in [5, 5.41) is 10.1. The van der Waals surface area contributed by atoms with E-state index in [0.717, 1.165) is 0 Å². The quantitative estimate of drug-likeness (QED) is 0.614. The molecular weight excluding hydrogens is 262 g/mol. The van der Waals surface area contributed by atoms with Crippen molar-refractivity contribution in [1.29, 1.82) is 0 Å². The van der Waals surface area contributed by atoms with Gasteiger partial charge in [0.15, 0.2) is 11.5 Å². The van der Waals surface area contributed by atoms with E-state index in [1.807, 2.05) is 19.1 Å². The van der Waals surface area contributed by atoms with Gasteiger partial charge < -0.3 is 14.6 Å². The summed E-state index contributed by atoms with van der Waals surface area (Å²) in [6.07, 6.45) is 4.14. The molecule has 0 aliphatic heterocycles. The number of ketones is 1. The second-order valence-corrected chi connectivity index (χ2v) is 4.31. The number of aromatic amines is 1. The number of H-pyrrole nitrogens is 1. The lowest BCUT2D eigenvalue weighted by atomic mass is 9.96. The molecule has 0 bridgehead atoms. The Bertz CT molecular complexity index is 574. The van der Waals surface area contributed by atoms with E-state index in [4.69, 9.17) is 9.47 Å². The van der Waals surface area contributed by atoms with Crippen molar-refractivity contribution in [1.82, 2.24) is 4.98 Å². The first-order valence-corrected chi connectivity index (χ1v) is 6.20. The van der Waals surface area contributed by atoms with Crippen molar-refractivity contribution in [3.63, 3.8) is 0 Å². The third-order valence-electron chi connectivity index (χ3n) is 2.94. The number of carbonyl (C=O) groups excluding carboxylic acids is 1. The molecule has 0 aliphatic rings. The number of hydrogen-bond acceptors (Lipinski definition) is 5. The molecule has 0 saturated carbocycles. The molecule has 6 nitrogen and oxygen atoms in total. The van der Waals surface area contributed by atoms with E-state index in [1.165, 1.54) is 14.2 Å². The van der Waals surface area contributed by atoms with Gasteiger partial charge in [0, 0.05) is 5.92 Å². The second kappa shape index (κ2) is 6.79. The van der Waals surface area contributed by atoms with Crippen LogP contribution in [0.15, 0.2) is 16.9 Å². The van der Waals surface area contributed by atoms with Crippen molar-refractivity contribution in [3.05, 3.63) is 28.1 Å². The second-order valence-electron chi connectivity index (χ2n) is 4.31. The summed E-state index contributed by atoms with van der Waals surface area (Å²) >= 11 is 0. The molecule has 0 aliphatic carbocycles. The summed E-state index contributed by atoms with van der Waals surface area (Å²) in [4.78, 5) is 26.5. The Kier molecular flexibility index (Phi) is 5.37. The van der Waals surface area contributed by atoms with Gasteiger partial charge in [0.05, 0.1) is 14.2 Å². The van der Waals surface area contributed by atoms with Crippen molar-refractivity contribution in [2.45, 2.75) is 20.3 Å². The highest BCUT2D eigenvalue weighted by Crippen LogP contribution is 2.36. The van der Waals surface area contributed by atoms with Gasteiger partial charge in [-0.1, -0.05) is 19.1 Å². The van der Waals surface area contributed by atoms with Crippen molar-refractivity contribution in [3.8, 4) is 17.4 Å². The monoisotopic (exact) mass is 281 g/mol. The first kappa shape index (κ1) is 15.8. The topological polar surface area (TPSA) is 88.6 Å². The number of carbonyl (C=O) groups is 1. The molecule has 6 heteroatoms. The molecule has 0 radical (unpaired) electrons. The maximum Gasteiger partial charge on any atom is 0.265 e. The van der Waals surface area contributed by atoms with Crippen LogP contribution in [-0.4, -0.2) is 30.1 Å². The summed E-state index contributed by atoms with van der Waals surface area (Å²) in [5.74, 6) is -1.44. The highest BCUT2D eigenvalue weighted by atomic mass is 16.5. The van der Waals surface area contributed by atoms with Gasteiger partial charge in [-0.05, 0) is 13.3 Å². The normalized spacial score (nSPS) is 12.4. The first-order valence-electron chi connectivity index (χ1n) is 6.20. The van der Waals surface area contributed by atoms with Gasteiger partial charge in [0.2, 0.25) is 11.6 Å². The molecule has 1 atom stereocenters. The number of Topliss-reactive ketones (excluding diaryl/α,β-unsaturated/α-hetero) is 1. The largest absolute Gasteiger partial charge is 0.503 e. The molecule has 0 spiro atoms. The van der Waals surface area contributed by atoms with Gasteiger partial charge in [-0.15, -0.1) is 0 Å². The SMILES string of the molecule is CC=CC[C@H](C)C(=O)c1c(O)c(OC)c(OC)[nH]c1=O. The van der Waals surface area contributed by atoms with Crippen LogP contribution >= 0.6 is 0 Å². The number of aromatic nitrogens is 1. The van der Waals surface area contributed by atoms with Crippen LogP contribution in [0.3, 0.4) is 0 Å². The molecule has 1 aromatic rings. The van der Waals surface area contributed by atoms with Crippen LogP contribution < -0.4 is 15.0 Å². The standard InChI is InChI=1S/C14H19NO5/c1-5-6-7-8(2)10(16)9-11(17)12(19-3)14(20-4)15-13(9)18/h5-6,8H,7H2,1-4H3,(H2,15,17,18)/t8-/m0/s1. The zero-order valence-corrected chi connectivity index (χ0v) is 12.0. The smallest absolute Gasteiger partial charge is 0.265 e. The Balaban J connectivity index is 3.31. The molecule has 0 fully saturated rings. The third kappa shape index (κ3) is 3.01. The summed E-state index contributed by atoms with van der Waals surface area (Å²) in [5.41, 5.74) is -1.00. The van der Waals surface area contributed by atoms with Crippen LogP contribution in [0, 0.1) is 5.92 Å². The molecule has 1 rings (SSSR count). The van der Waals surface area contributed by atoms with E-state index in [-0.39, 0.29) is 17.2 Å². The fraction of sp³-hybridized carbons (Fsp3) is 0.429. The number of allylic oxidation sites excluding steroid dienone is 2. The fourth-order valence-electron chi connectivity index (χ4n) is 1.81. The predicted molar refractivity (Wildman–Crippen MR) is 74.8 cm³/mol. The van der Waals surface area contributed by atoms with Gasteiger partial charge in [0.25, 0.3) is 5.56 Å². The molecule has 0 aromatic carbocycles. The van der Waals surface area contributed by atoms with Crippen LogP contribution in [0.4, 0.5) is 0 Å². The predicted octanol–water partition coefficient (Wildman–Crippen LogP) is 1.88. The molecule has 2 N–H and O–H groups in total. The summed E-state index contributed by atoms with van der Waals surface area (Å²) in [6, 6.07) is 0. The van der Waals surface area contributed by atoms with E-state index in [2.05, 4.69) is 4.98 Å². The van der Waals surface area contributed by atoms with E-state index in [0.29, 0.717) is 6.42 Å². The Morgan fingerprint density at radius 1 is 1.40 bits per heavy atom. The number of rotatable bonds is 6. The number of aromatic hydroxyl groups is 1. The zero-order chi connectivity index (χ0) is 15.3. The number of hydrogen-bond donors (Lipinski definition) is 2. The van der Waals surface area contributed by atoms with Crippen molar-refractivity contribution < 1.29 is 19.4 Å². The average molecular weight is 281 g/mol. The van der Waals surface area contributed by atoms with Crippen LogP contribution in [0.1, 0.15) is 30.6 Å². The van der Waals surface area contributed by atoms with Gasteiger partial charge in [-0.3, -0.25) is 14.6 Å². The minimum absolute atomic E-state index is 0.0207. The van der Waals surface area contributed by atoms with E-state index >= 15 is 0 Å². The molecule has 0 unspecified atom stereocenters. The number of pyridine rings is 1. The van der Waals surface area contributed by atoms with Gasteiger partial charge in [0.1, 0.15) is 5.56 Å². The Morgan fingerprint density at radius 3 is 2.55 bits per heavy atom. The zero-order valence-electron chi connectivity index (χ0n) is 12.0. The molecule has 1 heterocycles. The van der Waals surface area contributed by atoms with Crippen LogP contribution in [0.25, 0.3) is 0 Å². The summed E-state index contributed by atoms with van der Waals surface area (Å²) in [7, 11) is 2.64. The van der Waals surface area contributed by atoms with Crippen LogP contribution in [0.5, 0.6) is 17.4 Å². The molecule has 0 saturated heterocycles. The van der Waals surface area contributed by atoms with E-state index < -0.39 is 23.0 Å². The highest BCUT2D eigenvalue weighted by molar-refractivity contribution is 6.00. The lowest BCUT2D eigenvalue weighted by Crippen LogP contribution is -2.23. The lowest BCUT2D eigenvalue weighted by molar-refractivity contribution is 0.0925. The minimum Gasteiger partial charge on any atom is -0.503 e. The van der Waals surface area contributed by atoms with Crippen LogP contribution in [-0.2, 0) is 0 Å². The van der Waals surface area contributed by atoms with Crippen molar-refractivity contribution >= 4 is 5.78 Å². The fourth-order valence-corrected chi connectivity index (χ4v) is 1.81. The molecule has 0 amide bonds. The Labute approximate surface area is 117 Å². The Morgan fingerprint density at radius 2 is 2.05 bits per heavy atom. The van der Waals surface area contributed by atoms with Gasteiger partial charge in [-0.25, -0.2) is 0 Å². The molecule has 1 aromatic heterocycles. The summed E-state index contributed by atoms with van der Waals surface area (Å²) in [6.45, 7) is 3.54. The van der Waals surface area contributed by atoms with E-state index in [9.17, 15) is 14.7 Å². The Hall–Kier alpha value is -2.24.